The minimum Gasteiger partial charge on any atom is -0.344 e. The molecule has 0 bridgehead atoms. The molecule has 1 aromatic heterocycles. The topological polar surface area (TPSA) is 72.9 Å². The van der Waals surface area contributed by atoms with Crippen molar-refractivity contribution in [2.24, 2.45) is 5.10 Å². The van der Waals surface area contributed by atoms with Gasteiger partial charge in [0.25, 0.3) is 0 Å². The van der Waals surface area contributed by atoms with Crippen LogP contribution in [0, 0.1) is 0 Å². The summed E-state index contributed by atoms with van der Waals surface area (Å²) in [4.78, 5) is 17.6. The van der Waals surface area contributed by atoms with Gasteiger partial charge in [-0.25, -0.2) is 4.98 Å². The molecule has 2 aromatic rings. The molecular weight excluding hydrogens is 500 g/mol. The van der Waals surface area contributed by atoms with Gasteiger partial charge in [-0.1, -0.05) is 48.6 Å². The largest absolute Gasteiger partial charge is 0.344 e. The molecule has 170 valence electrons. The first-order chi connectivity index (χ1) is 16.1. The Kier molecular flexibility index (Phi) is 7.85. The highest BCUT2D eigenvalue weighted by atomic mass is 79.9. The van der Waals surface area contributed by atoms with Crippen LogP contribution in [0.1, 0.15) is 24.4 Å². The van der Waals surface area contributed by atoms with Crippen molar-refractivity contribution in [3.05, 3.63) is 84.6 Å². The van der Waals surface area contributed by atoms with Crippen LogP contribution in [-0.4, -0.2) is 49.8 Å². The number of aromatic nitrogens is 1. The van der Waals surface area contributed by atoms with E-state index >= 15 is 0 Å². The van der Waals surface area contributed by atoms with Crippen LogP contribution in [0.2, 0.25) is 0 Å². The predicted octanol–water partition coefficient (Wildman–Crippen LogP) is 4.19. The molecule has 2 N–H and O–H groups in total. The van der Waals surface area contributed by atoms with Crippen LogP contribution in [0.15, 0.2) is 84.1 Å². The molecule has 1 amide bonds. The summed E-state index contributed by atoms with van der Waals surface area (Å²) in [6.07, 6.45) is 11.8. The number of carbonyl (C=O) groups excluding carboxylic acids is 1. The maximum absolute atomic E-state index is 13.4. The van der Waals surface area contributed by atoms with Gasteiger partial charge in [0.15, 0.2) is 5.11 Å². The standard InChI is InChI=1S/C24H25BrN6OS/c25-31(24(33)28-21-10-4-5-15-26-21)22(18-8-2-1-3-9-18)23(32)27-19-11-13-20(14-12-19)29-30-16-6-7-17-30/h1-5,8-15,19,22H,6-7,16-17H2,(H,27,32)(H,26,28,33). The molecule has 0 spiro atoms. The fourth-order valence-corrected chi connectivity index (χ4v) is 4.35. The van der Waals surface area contributed by atoms with E-state index in [2.05, 4.69) is 41.9 Å². The van der Waals surface area contributed by atoms with Crippen LogP contribution in [0.5, 0.6) is 0 Å². The molecule has 9 heteroatoms. The molecule has 1 aliphatic heterocycles. The molecule has 1 saturated heterocycles. The quantitative estimate of drug-likeness (QED) is 0.435. The second-order valence-corrected chi connectivity index (χ2v) is 8.86. The molecule has 0 saturated carbocycles. The first-order valence-corrected chi connectivity index (χ1v) is 11.9. The number of benzene rings is 1. The third-order valence-electron chi connectivity index (χ3n) is 5.28. The Morgan fingerprint density at radius 3 is 2.48 bits per heavy atom. The number of amides is 1. The summed E-state index contributed by atoms with van der Waals surface area (Å²) in [5.41, 5.74) is 1.70. The van der Waals surface area contributed by atoms with E-state index in [0.717, 1.165) is 24.4 Å². The van der Waals surface area contributed by atoms with Crippen LogP contribution in [0.4, 0.5) is 5.82 Å². The van der Waals surface area contributed by atoms with Crippen molar-refractivity contribution in [1.82, 2.24) is 19.2 Å². The smallest absolute Gasteiger partial charge is 0.249 e. The van der Waals surface area contributed by atoms with E-state index in [9.17, 15) is 4.79 Å². The summed E-state index contributed by atoms with van der Waals surface area (Å²) in [7, 11) is 0. The van der Waals surface area contributed by atoms with Gasteiger partial charge in [-0.05, 0) is 54.9 Å². The number of hydrogen-bond acceptors (Lipinski definition) is 5. The average Bonchev–Trinajstić information content (AvgIpc) is 3.35. The van der Waals surface area contributed by atoms with Crippen LogP contribution in [0.25, 0.3) is 0 Å². The number of hydrogen-bond donors (Lipinski definition) is 2. The number of rotatable bonds is 6. The van der Waals surface area contributed by atoms with Crippen LogP contribution >= 0.6 is 28.4 Å². The lowest BCUT2D eigenvalue weighted by molar-refractivity contribution is -0.124. The van der Waals surface area contributed by atoms with Crippen molar-refractivity contribution in [1.29, 1.82) is 0 Å². The normalized spacial score (nSPS) is 18.0. The molecule has 4 rings (SSSR count). The number of nitrogens with one attached hydrogen (secondary N) is 2. The highest BCUT2D eigenvalue weighted by Gasteiger charge is 2.29. The second-order valence-electron chi connectivity index (χ2n) is 7.71. The van der Waals surface area contributed by atoms with E-state index in [1.807, 2.05) is 72.8 Å². The molecule has 1 aromatic carbocycles. The maximum Gasteiger partial charge on any atom is 0.249 e. The monoisotopic (exact) mass is 524 g/mol. The first-order valence-electron chi connectivity index (χ1n) is 10.8. The SMILES string of the molecule is O=C(NC1C=CC(=NN2CCCC2)C=C1)C(c1ccccc1)N(Br)C(=S)Nc1ccccn1. The van der Waals surface area contributed by atoms with Crippen LogP contribution < -0.4 is 10.6 Å². The van der Waals surface area contributed by atoms with Crippen molar-refractivity contribution in [3.63, 3.8) is 0 Å². The summed E-state index contributed by atoms with van der Waals surface area (Å²) in [5, 5.41) is 13.2. The number of hydrazone groups is 1. The van der Waals surface area contributed by atoms with E-state index in [4.69, 9.17) is 12.2 Å². The second kappa shape index (κ2) is 11.2. The molecule has 1 aliphatic carbocycles. The number of halogens is 1. The molecule has 7 nitrogen and oxygen atoms in total. The van der Waals surface area contributed by atoms with E-state index in [1.54, 1.807) is 10.1 Å². The number of nitrogens with zero attached hydrogens (tertiary/aromatic N) is 4. The fraction of sp³-hybridized carbons (Fsp3) is 0.250. The number of thiocarbonyl (C=S) groups is 1. The zero-order valence-electron chi connectivity index (χ0n) is 18.0. The van der Waals surface area contributed by atoms with Gasteiger partial charge in [-0.3, -0.25) is 13.7 Å². The maximum atomic E-state index is 13.4. The Morgan fingerprint density at radius 2 is 1.82 bits per heavy atom. The van der Waals surface area contributed by atoms with Crippen molar-refractivity contribution in [2.75, 3.05) is 18.4 Å². The molecule has 2 aliphatic rings. The first kappa shape index (κ1) is 23.1. The minimum atomic E-state index is -0.684. The number of allylic oxidation sites excluding steroid dienone is 2. The fourth-order valence-electron chi connectivity index (χ4n) is 3.63. The van der Waals surface area contributed by atoms with Crippen LogP contribution in [-0.2, 0) is 4.79 Å². The Balaban J connectivity index is 1.45. The summed E-state index contributed by atoms with van der Waals surface area (Å²) in [5.74, 6) is 0.407. The van der Waals surface area contributed by atoms with Gasteiger partial charge in [-0.2, -0.15) is 5.10 Å². The van der Waals surface area contributed by atoms with Crippen molar-refractivity contribution < 1.29 is 4.79 Å². The van der Waals surface area contributed by atoms with Gasteiger partial charge in [0.2, 0.25) is 5.91 Å². The van der Waals surface area contributed by atoms with Crippen molar-refractivity contribution in [3.8, 4) is 0 Å². The summed E-state index contributed by atoms with van der Waals surface area (Å²) < 4.78 is 1.57. The van der Waals surface area contributed by atoms with E-state index in [1.165, 1.54) is 12.8 Å². The highest BCUT2D eigenvalue weighted by Crippen LogP contribution is 2.26. The lowest BCUT2D eigenvalue weighted by Gasteiger charge is -2.28. The molecule has 1 unspecified atom stereocenters. The van der Waals surface area contributed by atoms with E-state index < -0.39 is 6.04 Å². The number of carbonyl (C=O) groups is 1. The van der Waals surface area contributed by atoms with Crippen molar-refractivity contribution in [2.45, 2.75) is 24.9 Å². The lowest BCUT2D eigenvalue weighted by Crippen LogP contribution is -2.43. The Hall–Kier alpha value is -3.04. The zero-order valence-corrected chi connectivity index (χ0v) is 20.4. The minimum absolute atomic E-state index is 0.192. The van der Waals surface area contributed by atoms with Gasteiger partial charge >= 0.3 is 0 Å². The zero-order chi connectivity index (χ0) is 23.0. The van der Waals surface area contributed by atoms with Gasteiger partial charge in [-0.15, -0.1) is 0 Å². The molecule has 1 fully saturated rings. The molecule has 1 atom stereocenters. The summed E-state index contributed by atoms with van der Waals surface area (Å²) >= 11 is 9.05. The summed E-state index contributed by atoms with van der Waals surface area (Å²) in [6.45, 7) is 2.00. The van der Waals surface area contributed by atoms with E-state index in [0.29, 0.717) is 10.9 Å². The molecule has 0 radical (unpaired) electrons. The average molecular weight is 525 g/mol. The van der Waals surface area contributed by atoms with Crippen molar-refractivity contribution >= 4 is 50.9 Å². The lowest BCUT2D eigenvalue weighted by atomic mass is 10.0. The molecular formula is C24H25BrN6OS. The van der Waals surface area contributed by atoms with Gasteiger partial charge in [0.05, 0.1) is 27.9 Å². The van der Waals surface area contributed by atoms with Gasteiger partial charge in [0, 0.05) is 19.3 Å². The Bertz CT molecular complexity index is 1040. The Morgan fingerprint density at radius 1 is 1.12 bits per heavy atom. The van der Waals surface area contributed by atoms with E-state index in [-0.39, 0.29) is 11.9 Å². The summed E-state index contributed by atoms with van der Waals surface area (Å²) in [6, 6.07) is 14.1. The molecule has 2 heterocycles. The number of pyridine rings is 1. The van der Waals surface area contributed by atoms with Gasteiger partial charge < -0.3 is 10.6 Å². The van der Waals surface area contributed by atoms with Crippen LogP contribution in [0.3, 0.4) is 0 Å². The van der Waals surface area contributed by atoms with Gasteiger partial charge in [0.1, 0.15) is 11.9 Å². The third-order valence-corrected chi connectivity index (χ3v) is 6.58. The predicted molar refractivity (Wildman–Crippen MR) is 139 cm³/mol. The molecule has 33 heavy (non-hydrogen) atoms. The number of anilines is 1. The third kappa shape index (κ3) is 6.27. The Labute approximate surface area is 207 Å². The highest BCUT2D eigenvalue weighted by molar-refractivity contribution is 9.07.